The van der Waals surface area contributed by atoms with E-state index in [2.05, 4.69) is 5.32 Å². The molecule has 0 saturated heterocycles. The van der Waals surface area contributed by atoms with Gasteiger partial charge in [0.15, 0.2) is 0 Å². The van der Waals surface area contributed by atoms with Crippen LogP contribution in [0.25, 0.3) is 0 Å². The smallest absolute Gasteiger partial charge is 0.311 e. The van der Waals surface area contributed by atoms with Crippen molar-refractivity contribution >= 4 is 11.9 Å². The van der Waals surface area contributed by atoms with Crippen molar-refractivity contribution in [3.05, 3.63) is 53.0 Å². The van der Waals surface area contributed by atoms with Crippen LogP contribution in [-0.2, 0) is 17.6 Å². The molecule has 2 N–H and O–H groups in total. The second-order valence-corrected chi connectivity index (χ2v) is 6.05. The minimum absolute atomic E-state index is 0.0541. The van der Waals surface area contributed by atoms with Crippen LogP contribution < -0.4 is 10.1 Å². The fraction of sp³-hybridized carbons (Fsp3) is 0.368. The summed E-state index contributed by atoms with van der Waals surface area (Å²) in [4.78, 5) is 23.3. The van der Waals surface area contributed by atoms with Gasteiger partial charge in [0.2, 0.25) is 0 Å². The van der Waals surface area contributed by atoms with E-state index in [9.17, 15) is 9.59 Å². The molecule has 0 aliphatic heterocycles. The highest BCUT2D eigenvalue weighted by Crippen LogP contribution is 2.18. The van der Waals surface area contributed by atoms with Crippen LogP contribution in [-0.4, -0.2) is 30.1 Å². The summed E-state index contributed by atoms with van der Waals surface area (Å²) in [6.45, 7) is 3.65. The molecule has 2 aromatic rings. The number of furan rings is 1. The van der Waals surface area contributed by atoms with Gasteiger partial charge in [-0.3, -0.25) is 9.59 Å². The molecule has 1 atom stereocenters. The normalized spacial score (nSPS) is 11.8. The lowest BCUT2D eigenvalue weighted by molar-refractivity contribution is -0.136. The van der Waals surface area contributed by atoms with Crippen LogP contribution in [0.3, 0.4) is 0 Å². The third-order valence-corrected chi connectivity index (χ3v) is 3.99. The highest BCUT2D eigenvalue weighted by atomic mass is 16.5. The summed E-state index contributed by atoms with van der Waals surface area (Å²) in [5.41, 5.74) is 2.11. The number of carboxylic acids is 1. The number of hydrogen-bond acceptors (Lipinski definition) is 4. The van der Waals surface area contributed by atoms with Crippen LogP contribution in [0.2, 0.25) is 0 Å². The standard InChI is InChI=1S/C19H23NO5/c1-12-11-25-16(10-17(21)22)18(12)19(23)20-13(2)4-5-14-6-8-15(24-3)9-7-14/h6-9,11,13H,4-5,10H2,1-3H3,(H,20,23)(H,21,22). The third kappa shape index (κ3) is 5.11. The molecular formula is C19H23NO5. The molecule has 1 unspecified atom stereocenters. The molecule has 0 spiro atoms. The summed E-state index contributed by atoms with van der Waals surface area (Å²) >= 11 is 0. The number of nitrogens with one attached hydrogen (secondary N) is 1. The van der Waals surface area contributed by atoms with E-state index in [1.54, 1.807) is 14.0 Å². The predicted molar refractivity (Wildman–Crippen MR) is 93.0 cm³/mol. The number of aryl methyl sites for hydroxylation is 2. The Balaban J connectivity index is 1.93. The van der Waals surface area contributed by atoms with Gasteiger partial charge in [-0.15, -0.1) is 0 Å². The summed E-state index contributed by atoms with van der Waals surface area (Å²) in [6.07, 6.45) is 2.69. The summed E-state index contributed by atoms with van der Waals surface area (Å²) < 4.78 is 10.3. The van der Waals surface area contributed by atoms with Crippen molar-refractivity contribution in [3.8, 4) is 5.75 Å². The Morgan fingerprint density at radius 2 is 1.96 bits per heavy atom. The number of methoxy groups -OCH3 is 1. The number of carbonyl (C=O) groups excluding carboxylic acids is 1. The van der Waals surface area contributed by atoms with E-state index in [4.69, 9.17) is 14.3 Å². The van der Waals surface area contributed by atoms with Crippen molar-refractivity contribution in [2.75, 3.05) is 7.11 Å². The molecule has 1 amide bonds. The Hall–Kier alpha value is -2.76. The van der Waals surface area contributed by atoms with Crippen LogP contribution in [0, 0.1) is 6.92 Å². The maximum Gasteiger partial charge on any atom is 0.311 e. The molecule has 1 aromatic carbocycles. The van der Waals surface area contributed by atoms with Gasteiger partial charge in [0.05, 0.1) is 18.9 Å². The molecule has 0 bridgehead atoms. The number of aliphatic carboxylic acids is 1. The van der Waals surface area contributed by atoms with Gasteiger partial charge in [0, 0.05) is 11.6 Å². The Morgan fingerprint density at radius 1 is 1.28 bits per heavy atom. The molecule has 25 heavy (non-hydrogen) atoms. The van der Waals surface area contributed by atoms with Crippen LogP contribution in [0.4, 0.5) is 0 Å². The third-order valence-electron chi connectivity index (χ3n) is 3.99. The number of carbonyl (C=O) groups is 2. The molecule has 134 valence electrons. The van der Waals surface area contributed by atoms with Gasteiger partial charge in [0.25, 0.3) is 5.91 Å². The average molecular weight is 345 g/mol. The molecule has 1 aromatic heterocycles. The quantitative estimate of drug-likeness (QED) is 0.768. The van der Waals surface area contributed by atoms with E-state index in [1.807, 2.05) is 31.2 Å². The number of hydrogen-bond donors (Lipinski definition) is 2. The molecule has 2 rings (SSSR count). The lowest BCUT2D eigenvalue weighted by Gasteiger charge is -2.14. The average Bonchev–Trinajstić information content (AvgIpc) is 2.93. The highest BCUT2D eigenvalue weighted by Gasteiger charge is 2.21. The van der Waals surface area contributed by atoms with Crippen LogP contribution in [0.15, 0.2) is 34.9 Å². The van der Waals surface area contributed by atoms with Crippen LogP contribution in [0.5, 0.6) is 5.75 Å². The maximum absolute atomic E-state index is 12.5. The van der Waals surface area contributed by atoms with E-state index >= 15 is 0 Å². The van der Waals surface area contributed by atoms with Crippen molar-refractivity contribution in [2.24, 2.45) is 0 Å². The lowest BCUT2D eigenvalue weighted by atomic mass is 10.0. The zero-order valence-corrected chi connectivity index (χ0v) is 14.7. The first-order valence-electron chi connectivity index (χ1n) is 8.13. The fourth-order valence-electron chi connectivity index (χ4n) is 2.61. The molecule has 0 aliphatic rings. The Bertz CT molecular complexity index is 733. The predicted octanol–water partition coefficient (Wildman–Crippen LogP) is 2.97. The van der Waals surface area contributed by atoms with Crippen molar-refractivity contribution in [3.63, 3.8) is 0 Å². The van der Waals surface area contributed by atoms with E-state index in [1.165, 1.54) is 6.26 Å². The van der Waals surface area contributed by atoms with Crippen LogP contribution in [0.1, 0.15) is 40.6 Å². The molecule has 0 saturated carbocycles. The Morgan fingerprint density at radius 3 is 2.56 bits per heavy atom. The van der Waals surface area contributed by atoms with Gasteiger partial charge in [-0.25, -0.2) is 0 Å². The summed E-state index contributed by atoms with van der Waals surface area (Å²) in [5.74, 6) is -0.336. The van der Waals surface area contributed by atoms with Gasteiger partial charge in [-0.05, 0) is 44.4 Å². The van der Waals surface area contributed by atoms with Gasteiger partial charge in [-0.1, -0.05) is 12.1 Å². The fourth-order valence-corrected chi connectivity index (χ4v) is 2.61. The molecule has 0 fully saturated rings. The Labute approximate surface area is 146 Å². The molecule has 0 aliphatic carbocycles. The summed E-state index contributed by atoms with van der Waals surface area (Å²) in [5, 5.41) is 11.8. The van der Waals surface area contributed by atoms with E-state index in [-0.39, 0.29) is 24.1 Å². The monoisotopic (exact) mass is 345 g/mol. The van der Waals surface area contributed by atoms with Crippen molar-refractivity contribution in [1.29, 1.82) is 0 Å². The largest absolute Gasteiger partial charge is 0.497 e. The molecule has 1 heterocycles. The molecule has 6 nitrogen and oxygen atoms in total. The summed E-state index contributed by atoms with van der Waals surface area (Å²) in [6, 6.07) is 7.76. The van der Waals surface area contributed by atoms with Gasteiger partial charge >= 0.3 is 5.97 Å². The highest BCUT2D eigenvalue weighted by molar-refractivity contribution is 5.97. The van der Waals surface area contributed by atoms with Gasteiger partial charge in [-0.2, -0.15) is 0 Å². The van der Waals surface area contributed by atoms with Crippen LogP contribution >= 0.6 is 0 Å². The molecular weight excluding hydrogens is 322 g/mol. The molecule has 0 radical (unpaired) electrons. The second-order valence-electron chi connectivity index (χ2n) is 6.05. The molecule has 6 heteroatoms. The van der Waals surface area contributed by atoms with E-state index < -0.39 is 5.97 Å². The van der Waals surface area contributed by atoms with Crippen molar-refractivity contribution < 1.29 is 23.8 Å². The minimum Gasteiger partial charge on any atom is -0.497 e. The summed E-state index contributed by atoms with van der Waals surface area (Å²) in [7, 11) is 1.63. The zero-order chi connectivity index (χ0) is 18.4. The van der Waals surface area contributed by atoms with Gasteiger partial charge < -0.3 is 19.6 Å². The lowest BCUT2D eigenvalue weighted by Crippen LogP contribution is -2.33. The van der Waals surface area contributed by atoms with E-state index in [0.29, 0.717) is 11.1 Å². The number of ether oxygens (including phenoxy) is 1. The first kappa shape index (κ1) is 18.6. The van der Waals surface area contributed by atoms with Gasteiger partial charge in [0.1, 0.15) is 17.9 Å². The minimum atomic E-state index is -1.03. The number of carboxylic acid groups (broad SMARTS) is 1. The topological polar surface area (TPSA) is 88.8 Å². The second kappa shape index (κ2) is 8.37. The van der Waals surface area contributed by atoms with E-state index in [0.717, 1.165) is 24.2 Å². The first-order valence-corrected chi connectivity index (χ1v) is 8.13. The van der Waals surface area contributed by atoms with Crippen molar-refractivity contribution in [2.45, 2.75) is 39.2 Å². The Kier molecular flexibility index (Phi) is 6.22. The van der Waals surface area contributed by atoms with Crippen molar-refractivity contribution in [1.82, 2.24) is 5.32 Å². The zero-order valence-electron chi connectivity index (χ0n) is 14.7. The number of benzene rings is 1. The SMILES string of the molecule is COc1ccc(CCC(C)NC(=O)c2c(C)coc2CC(=O)O)cc1. The first-order chi connectivity index (χ1) is 11.9. The maximum atomic E-state index is 12.5. The number of amides is 1. The number of rotatable bonds is 8.